The van der Waals surface area contributed by atoms with Crippen molar-refractivity contribution in [3.8, 4) is 17.1 Å². The van der Waals surface area contributed by atoms with Gasteiger partial charge in [-0.3, -0.25) is 0 Å². The Kier molecular flexibility index (Phi) is 6.43. The molecule has 1 aliphatic heterocycles. The van der Waals surface area contributed by atoms with E-state index in [1.165, 1.54) is 24.3 Å². The van der Waals surface area contributed by atoms with Gasteiger partial charge in [0, 0.05) is 0 Å². The van der Waals surface area contributed by atoms with Crippen LogP contribution in [0.15, 0.2) is 54.6 Å². The Labute approximate surface area is 182 Å². The SMILES string of the molecule is Fc1ccc(-c2nc([AsH]c3ccc(OC(F)(F)F)cc3)cc(N3CCOCC3)n2)cc1. The van der Waals surface area contributed by atoms with Gasteiger partial charge < -0.3 is 0 Å². The number of benzene rings is 2. The Morgan fingerprint density at radius 2 is 1.61 bits per heavy atom. The summed E-state index contributed by atoms with van der Waals surface area (Å²) in [5.74, 6) is 0.641. The van der Waals surface area contributed by atoms with Gasteiger partial charge in [0.25, 0.3) is 0 Å². The number of halogens is 4. The van der Waals surface area contributed by atoms with Gasteiger partial charge in [-0.1, -0.05) is 0 Å². The summed E-state index contributed by atoms with van der Waals surface area (Å²) in [4.78, 5) is 11.4. The van der Waals surface area contributed by atoms with Crippen LogP contribution in [0.2, 0.25) is 0 Å². The Morgan fingerprint density at radius 3 is 2.26 bits per heavy atom. The molecular weight excluding hydrogens is 477 g/mol. The molecule has 0 aliphatic carbocycles. The molecule has 0 saturated carbocycles. The molecule has 4 rings (SSSR count). The van der Waals surface area contributed by atoms with Crippen LogP contribution >= 0.6 is 0 Å². The molecule has 0 amide bonds. The van der Waals surface area contributed by atoms with E-state index < -0.39 is 22.1 Å². The molecule has 0 N–H and O–H groups in total. The van der Waals surface area contributed by atoms with Crippen molar-refractivity contribution in [1.29, 1.82) is 0 Å². The Hall–Kier alpha value is -2.64. The molecule has 0 radical (unpaired) electrons. The Morgan fingerprint density at radius 1 is 0.935 bits per heavy atom. The number of alkyl halides is 3. The first kappa shape index (κ1) is 21.6. The zero-order valence-corrected chi connectivity index (χ0v) is 18.3. The first-order valence-corrected chi connectivity index (χ1v) is 11.6. The quantitative estimate of drug-likeness (QED) is 0.402. The van der Waals surface area contributed by atoms with E-state index in [1.807, 2.05) is 6.07 Å². The summed E-state index contributed by atoms with van der Waals surface area (Å²) in [6, 6.07) is 13.7. The van der Waals surface area contributed by atoms with Gasteiger partial charge >= 0.3 is 183 Å². The van der Waals surface area contributed by atoms with E-state index in [4.69, 9.17) is 4.74 Å². The Balaban J connectivity index is 1.62. The topological polar surface area (TPSA) is 47.5 Å². The van der Waals surface area contributed by atoms with Crippen molar-refractivity contribution in [2.75, 3.05) is 31.2 Å². The van der Waals surface area contributed by atoms with Crippen molar-refractivity contribution in [2.45, 2.75) is 6.36 Å². The second kappa shape index (κ2) is 9.24. The minimum absolute atomic E-state index is 0.258. The monoisotopic (exact) mass is 495 g/mol. The van der Waals surface area contributed by atoms with E-state index in [9.17, 15) is 17.6 Å². The van der Waals surface area contributed by atoms with E-state index in [-0.39, 0.29) is 11.6 Å². The third-order valence-corrected chi connectivity index (χ3v) is 6.89. The van der Waals surface area contributed by atoms with Crippen LogP contribution in [-0.2, 0) is 4.74 Å². The summed E-state index contributed by atoms with van der Waals surface area (Å²) >= 11 is -0.954. The van der Waals surface area contributed by atoms with Gasteiger partial charge in [0.1, 0.15) is 0 Å². The van der Waals surface area contributed by atoms with Crippen molar-refractivity contribution in [3.63, 3.8) is 0 Å². The minimum atomic E-state index is -4.72. The fraction of sp³-hybridized carbons (Fsp3) is 0.238. The number of nitrogens with zero attached hydrogens (tertiary/aromatic N) is 3. The normalized spacial score (nSPS) is 14.9. The number of anilines is 1. The van der Waals surface area contributed by atoms with Crippen LogP contribution in [0.4, 0.5) is 23.4 Å². The molecule has 1 aromatic heterocycles. The van der Waals surface area contributed by atoms with Gasteiger partial charge in [0.05, 0.1) is 0 Å². The number of aromatic nitrogens is 2. The van der Waals surface area contributed by atoms with Crippen LogP contribution < -0.4 is 18.5 Å². The van der Waals surface area contributed by atoms with Gasteiger partial charge in [-0.05, 0) is 0 Å². The fourth-order valence-electron chi connectivity index (χ4n) is 3.07. The molecule has 1 unspecified atom stereocenters. The van der Waals surface area contributed by atoms with Crippen molar-refractivity contribution in [3.05, 3.63) is 60.4 Å². The number of ether oxygens (including phenoxy) is 2. The summed E-state index contributed by atoms with van der Waals surface area (Å²) < 4.78 is 61.5. The summed E-state index contributed by atoms with van der Waals surface area (Å²) in [7, 11) is 0. The van der Waals surface area contributed by atoms with Gasteiger partial charge in [-0.15, -0.1) is 0 Å². The molecular formula is C21H18AsF4N3O2. The van der Waals surface area contributed by atoms with Crippen molar-refractivity contribution < 1.29 is 27.0 Å². The standard InChI is InChI=1S/C21H18AsF4N3O2/c23-16-5-1-14(2-6-16)20-27-18(13-19(28-20)29-9-11-30-12-10-29)22-15-3-7-17(8-4-15)31-21(24,25)26/h1-8,13,22H,9-12H2. The van der Waals surface area contributed by atoms with Crippen LogP contribution in [-0.4, -0.2) is 58.4 Å². The molecule has 3 aromatic rings. The van der Waals surface area contributed by atoms with Gasteiger partial charge in [-0.25, -0.2) is 0 Å². The predicted molar refractivity (Wildman–Crippen MR) is 110 cm³/mol. The molecule has 1 fully saturated rings. The summed E-state index contributed by atoms with van der Waals surface area (Å²) in [6.45, 7) is 2.59. The third kappa shape index (κ3) is 5.95. The molecule has 0 bridgehead atoms. The van der Waals surface area contributed by atoms with Gasteiger partial charge in [0.2, 0.25) is 0 Å². The molecule has 5 nitrogen and oxygen atoms in total. The summed E-state index contributed by atoms with van der Waals surface area (Å²) in [5.41, 5.74) is 0.693. The van der Waals surface area contributed by atoms with E-state index in [0.717, 1.165) is 14.7 Å². The van der Waals surface area contributed by atoms with Crippen molar-refractivity contribution in [1.82, 2.24) is 9.97 Å². The number of hydrogen-bond donors (Lipinski definition) is 0. The average molecular weight is 495 g/mol. The van der Waals surface area contributed by atoms with Crippen LogP contribution in [0.5, 0.6) is 5.75 Å². The number of hydrogen-bond acceptors (Lipinski definition) is 5. The van der Waals surface area contributed by atoms with Crippen LogP contribution in [0.3, 0.4) is 0 Å². The zero-order valence-electron chi connectivity index (χ0n) is 16.2. The molecule has 162 valence electrons. The molecule has 2 heterocycles. The maximum atomic E-state index is 13.3. The molecule has 0 spiro atoms. The van der Waals surface area contributed by atoms with E-state index >= 15 is 0 Å². The first-order valence-electron chi connectivity index (χ1n) is 9.46. The van der Waals surface area contributed by atoms with E-state index in [0.29, 0.717) is 37.7 Å². The van der Waals surface area contributed by atoms with Gasteiger partial charge in [-0.2, -0.15) is 0 Å². The maximum absolute atomic E-state index is 13.3. The van der Waals surface area contributed by atoms with Crippen molar-refractivity contribution >= 4 is 30.4 Å². The summed E-state index contributed by atoms with van der Waals surface area (Å²) in [6.07, 6.45) is -4.72. The second-order valence-corrected chi connectivity index (χ2v) is 9.55. The fourth-order valence-corrected chi connectivity index (χ4v) is 5.15. The molecule has 1 aliphatic rings. The first-order chi connectivity index (χ1) is 14.9. The summed E-state index contributed by atoms with van der Waals surface area (Å²) in [5, 5.41) is 0. The van der Waals surface area contributed by atoms with E-state index in [2.05, 4.69) is 19.6 Å². The van der Waals surface area contributed by atoms with Gasteiger partial charge in [0.15, 0.2) is 0 Å². The molecule has 1 atom stereocenters. The predicted octanol–water partition coefficient (Wildman–Crippen LogP) is 2.41. The average Bonchev–Trinajstić information content (AvgIpc) is 2.75. The van der Waals surface area contributed by atoms with Crippen LogP contribution in [0.25, 0.3) is 11.4 Å². The van der Waals surface area contributed by atoms with E-state index in [1.54, 1.807) is 24.3 Å². The van der Waals surface area contributed by atoms with Crippen molar-refractivity contribution in [2.24, 2.45) is 0 Å². The molecule has 1 saturated heterocycles. The number of rotatable bonds is 5. The van der Waals surface area contributed by atoms with Crippen LogP contribution in [0.1, 0.15) is 0 Å². The Bertz CT molecular complexity index is 1020. The second-order valence-electron chi connectivity index (χ2n) is 6.74. The van der Waals surface area contributed by atoms with Crippen LogP contribution in [0, 0.1) is 5.82 Å². The zero-order chi connectivity index (χ0) is 21.8. The third-order valence-electron chi connectivity index (χ3n) is 4.51. The number of morpholine rings is 1. The molecule has 2 aromatic carbocycles. The molecule has 31 heavy (non-hydrogen) atoms. The molecule has 10 heteroatoms.